The summed E-state index contributed by atoms with van der Waals surface area (Å²) in [7, 11) is 0. The number of hydrogen-bond donors (Lipinski definition) is 2. The molecule has 0 aromatic carbocycles. The first kappa shape index (κ1) is 19.6. The summed E-state index contributed by atoms with van der Waals surface area (Å²) in [4.78, 5) is 14.3. The molecule has 3 heterocycles. The third-order valence-corrected chi connectivity index (χ3v) is 6.15. The Kier molecular flexibility index (Phi) is 6.47. The second-order valence-electron chi connectivity index (χ2n) is 8.28. The van der Waals surface area contributed by atoms with Crippen molar-refractivity contribution in [2.45, 2.75) is 51.5 Å². The second kappa shape index (κ2) is 9.22. The van der Waals surface area contributed by atoms with Crippen molar-refractivity contribution in [3.8, 4) is 0 Å². The molecule has 0 bridgehead atoms. The lowest BCUT2D eigenvalue weighted by atomic mass is 10.0. The number of morpholine rings is 1. The number of nitrogens with one attached hydrogen (secondary N) is 2. The van der Waals surface area contributed by atoms with E-state index in [4.69, 9.17) is 26.9 Å². The molecule has 0 amide bonds. The molecule has 8 heteroatoms. The Labute approximate surface area is 173 Å². The number of anilines is 3. The van der Waals surface area contributed by atoms with Gasteiger partial charge in [-0.25, -0.2) is 0 Å². The van der Waals surface area contributed by atoms with Gasteiger partial charge in [0.2, 0.25) is 5.95 Å². The van der Waals surface area contributed by atoms with Gasteiger partial charge in [0.1, 0.15) is 11.6 Å². The summed E-state index contributed by atoms with van der Waals surface area (Å²) in [6.07, 6.45) is 7.43. The van der Waals surface area contributed by atoms with E-state index in [0.717, 1.165) is 51.0 Å². The lowest BCUT2D eigenvalue weighted by Crippen LogP contribution is -2.39. The lowest BCUT2D eigenvalue weighted by molar-refractivity contribution is 0.122. The molecule has 3 aliphatic rings. The van der Waals surface area contributed by atoms with Gasteiger partial charge in [0, 0.05) is 38.3 Å². The molecular formula is C20H32N6OS. The van der Waals surface area contributed by atoms with E-state index < -0.39 is 0 Å². The van der Waals surface area contributed by atoms with Gasteiger partial charge in [-0.2, -0.15) is 9.97 Å². The molecule has 2 aliphatic heterocycles. The van der Waals surface area contributed by atoms with Crippen LogP contribution in [-0.4, -0.2) is 60.5 Å². The predicted octanol–water partition coefficient (Wildman–Crippen LogP) is 2.78. The molecule has 154 valence electrons. The highest BCUT2D eigenvalue weighted by atomic mass is 32.1. The van der Waals surface area contributed by atoms with E-state index in [-0.39, 0.29) is 0 Å². The van der Waals surface area contributed by atoms with Gasteiger partial charge in [-0.3, -0.25) is 0 Å². The summed E-state index contributed by atoms with van der Waals surface area (Å²) in [5, 5.41) is 7.31. The molecule has 0 unspecified atom stereocenters. The van der Waals surface area contributed by atoms with Gasteiger partial charge in [-0.1, -0.05) is 19.8 Å². The standard InChI is InChI=1S/C20H32N6OS/c1-15-5-4-8-26(14-15)18-13-17(25-9-11-27-12-10-25)22-19(23-18)24-20(28)21-16-6-2-3-7-16/h13,15-16H,2-12,14H2,1H3,(H2,21,22,23,24,28)/t15-/m0/s1. The molecule has 28 heavy (non-hydrogen) atoms. The van der Waals surface area contributed by atoms with Crippen LogP contribution in [0.3, 0.4) is 0 Å². The molecule has 4 rings (SSSR count). The topological polar surface area (TPSA) is 65.6 Å². The van der Waals surface area contributed by atoms with Crippen LogP contribution in [0.5, 0.6) is 0 Å². The molecule has 1 aromatic heterocycles. The van der Waals surface area contributed by atoms with Crippen LogP contribution >= 0.6 is 12.2 Å². The van der Waals surface area contributed by atoms with Gasteiger partial charge in [-0.15, -0.1) is 0 Å². The smallest absolute Gasteiger partial charge is 0.232 e. The van der Waals surface area contributed by atoms with Gasteiger partial charge in [0.25, 0.3) is 0 Å². The van der Waals surface area contributed by atoms with Gasteiger partial charge in [0.15, 0.2) is 5.11 Å². The predicted molar refractivity (Wildman–Crippen MR) is 117 cm³/mol. The number of piperidine rings is 1. The van der Waals surface area contributed by atoms with Crippen LogP contribution in [0.15, 0.2) is 6.07 Å². The van der Waals surface area contributed by atoms with Crippen molar-refractivity contribution in [1.82, 2.24) is 15.3 Å². The molecule has 1 saturated carbocycles. The largest absolute Gasteiger partial charge is 0.378 e. The van der Waals surface area contributed by atoms with Crippen molar-refractivity contribution in [2.75, 3.05) is 54.5 Å². The molecule has 1 atom stereocenters. The summed E-state index contributed by atoms with van der Waals surface area (Å²) >= 11 is 5.54. The van der Waals surface area contributed by atoms with Gasteiger partial charge in [0.05, 0.1) is 13.2 Å². The van der Waals surface area contributed by atoms with Crippen LogP contribution in [0.4, 0.5) is 17.6 Å². The van der Waals surface area contributed by atoms with Crippen LogP contribution in [0.2, 0.25) is 0 Å². The maximum Gasteiger partial charge on any atom is 0.232 e. The quantitative estimate of drug-likeness (QED) is 0.743. The Morgan fingerprint density at radius 1 is 1.04 bits per heavy atom. The van der Waals surface area contributed by atoms with E-state index in [0.29, 0.717) is 23.0 Å². The number of ether oxygens (including phenoxy) is 1. The van der Waals surface area contributed by atoms with Crippen LogP contribution in [0, 0.1) is 5.92 Å². The minimum atomic E-state index is 0.477. The Morgan fingerprint density at radius 2 is 1.75 bits per heavy atom. The van der Waals surface area contributed by atoms with Crippen molar-refractivity contribution in [3.05, 3.63) is 6.07 Å². The second-order valence-corrected chi connectivity index (χ2v) is 8.69. The Hall–Kier alpha value is -1.67. The van der Waals surface area contributed by atoms with Crippen molar-refractivity contribution in [1.29, 1.82) is 0 Å². The third kappa shape index (κ3) is 5.03. The first-order valence-electron chi connectivity index (χ1n) is 10.7. The minimum absolute atomic E-state index is 0.477. The number of hydrogen-bond acceptors (Lipinski definition) is 6. The number of nitrogens with zero attached hydrogens (tertiary/aromatic N) is 4. The van der Waals surface area contributed by atoms with E-state index >= 15 is 0 Å². The van der Waals surface area contributed by atoms with E-state index in [2.05, 4.69) is 33.4 Å². The van der Waals surface area contributed by atoms with Crippen molar-refractivity contribution in [2.24, 2.45) is 5.92 Å². The highest BCUT2D eigenvalue weighted by molar-refractivity contribution is 7.80. The summed E-state index contributed by atoms with van der Waals surface area (Å²) in [6.45, 7) is 7.61. The molecule has 0 radical (unpaired) electrons. The van der Waals surface area contributed by atoms with E-state index in [1.807, 2.05) is 0 Å². The van der Waals surface area contributed by atoms with E-state index in [1.54, 1.807) is 0 Å². The average molecular weight is 405 g/mol. The average Bonchev–Trinajstić information content (AvgIpc) is 3.21. The molecule has 2 saturated heterocycles. The van der Waals surface area contributed by atoms with Crippen molar-refractivity contribution >= 4 is 34.9 Å². The van der Waals surface area contributed by atoms with Crippen LogP contribution < -0.4 is 20.4 Å². The fraction of sp³-hybridized carbons (Fsp3) is 0.750. The molecule has 3 fully saturated rings. The van der Waals surface area contributed by atoms with Crippen LogP contribution in [0.25, 0.3) is 0 Å². The Morgan fingerprint density at radius 3 is 2.46 bits per heavy atom. The molecule has 1 aliphatic carbocycles. The summed E-state index contributed by atoms with van der Waals surface area (Å²) in [5.41, 5.74) is 0. The number of thiocarbonyl (C=S) groups is 1. The SMILES string of the molecule is C[C@H]1CCCN(c2cc(N3CCOCC3)nc(NC(=S)NC3CCCC3)n2)C1. The number of rotatable bonds is 4. The number of aromatic nitrogens is 2. The zero-order chi connectivity index (χ0) is 19.3. The van der Waals surface area contributed by atoms with Crippen LogP contribution in [-0.2, 0) is 4.74 Å². The zero-order valence-corrected chi connectivity index (χ0v) is 17.6. The maximum absolute atomic E-state index is 5.54. The van der Waals surface area contributed by atoms with E-state index in [1.165, 1.54) is 38.5 Å². The van der Waals surface area contributed by atoms with Crippen molar-refractivity contribution < 1.29 is 4.74 Å². The Balaban J connectivity index is 1.53. The fourth-order valence-corrected chi connectivity index (χ4v) is 4.64. The zero-order valence-electron chi connectivity index (χ0n) is 16.8. The summed E-state index contributed by atoms with van der Waals surface area (Å²) < 4.78 is 5.51. The molecule has 0 spiro atoms. The maximum atomic E-state index is 5.54. The highest BCUT2D eigenvalue weighted by Gasteiger charge is 2.22. The third-order valence-electron chi connectivity index (χ3n) is 5.93. The monoisotopic (exact) mass is 404 g/mol. The van der Waals surface area contributed by atoms with E-state index in [9.17, 15) is 0 Å². The van der Waals surface area contributed by atoms with Gasteiger partial charge < -0.3 is 25.2 Å². The molecular weight excluding hydrogens is 372 g/mol. The summed E-state index contributed by atoms with van der Waals surface area (Å²) in [5.74, 6) is 3.23. The Bertz CT molecular complexity index is 675. The van der Waals surface area contributed by atoms with Gasteiger partial charge in [-0.05, 0) is 43.8 Å². The molecule has 2 N–H and O–H groups in total. The first-order chi connectivity index (χ1) is 13.7. The summed E-state index contributed by atoms with van der Waals surface area (Å²) in [6, 6.07) is 2.60. The first-order valence-corrected chi connectivity index (χ1v) is 11.1. The van der Waals surface area contributed by atoms with Gasteiger partial charge >= 0.3 is 0 Å². The minimum Gasteiger partial charge on any atom is -0.378 e. The molecule has 1 aromatic rings. The highest BCUT2D eigenvalue weighted by Crippen LogP contribution is 2.26. The van der Waals surface area contributed by atoms with Crippen molar-refractivity contribution in [3.63, 3.8) is 0 Å². The molecule has 7 nitrogen and oxygen atoms in total. The lowest BCUT2D eigenvalue weighted by Gasteiger charge is -2.33. The fourth-order valence-electron chi connectivity index (χ4n) is 4.39. The normalized spacial score (nSPS) is 23.7. The van der Waals surface area contributed by atoms with Crippen LogP contribution in [0.1, 0.15) is 45.4 Å².